The highest BCUT2D eigenvalue weighted by Gasteiger charge is 2.10. The highest BCUT2D eigenvalue weighted by Crippen LogP contribution is 2.27. The van der Waals surface area contributed by atoms with Gasteiger partial charge in [0, 0.05) is 28.0 Å². The van der Waals surface area contributed by atoms with E-state index in [1.54, 1.807) is 49.6 Å². The molecule has 0 bridgehead atoms. The number of urea groups is 1. The van der Waals surface area contributed by atoms with Gasteiger partial charge in [0.25, 0.3) is 0 Å². The number of aromatic nitrogens is 1. The zero-order valence-corrected chi connectivity index (χ0v) is 15.7. The van der Waals surface area contributed by atoms with E-state index in [9.17, 15) is 4.79 Å². The van der Waals surface area contributed by atoms with Crippen LogP contribution in [0.3, 0.4) is 0 Å². The molecule has 1 aromatic heterocycles. The van der Waals surface area contributed by atoms with E-state index in [1.165, 1.54) is 0 Å². The number of anilines is 2. The molecule has 0 saturated heterocycles. The van der Waals surface area contributed by atoms with Crippen LogP contribution in [0.1, 0.15) is 0 Å². The van der Waals surface area contributed by atoms with Crippen molar-refractivity contribution in [1.82, 2.24) is 4.98 Å². The van der Waals surface area contributed by atoms with Crippen LogP contribution in [-0.2, 0) is 0 Å². The third kappa shape index (κ3) is 3.92. The Hall–Kier alpha value is -3.51. The number of fused-ring (bicyclic) bond motifs is 1. The van der Waals surface area contributed by atoms with Gasteiger partial charge in [0.2, 0.25) is 5.89 Å². The second-order valence-corrected chi connectivity index (χ2v) is 6.45. The average Bonchev–Trinajstić information content (AvgIpc) is 3.13. The van der Waals surface area contributed by atoms with Gasteiger partial charge >= 0.3 is 6.03 Å². The first-order chi connectivity index (χ1) is 13.6. The van der Waals surface area contributed by atoms with Crippen LogP contribution in [0, 0.1) is 0 Å². The van der Waals surface area contributed by atoms with Gasteiger partial charge in [-0.15, -0.1) is 0 Å². The molecule has 0 fully saturated rings. The van der Waals surface area contributed by atoms with Crippen molar-refractivity contribution < 1.29 is 13.9 Å². The zero-order chi connectivity index (χ0) is 19.5. The van der Waals surface area contributed by atoms with Gasteiger partial charge < -0.3 is 19.8 Å². The third-order valence-corrected chi connectivity index (χ3v) is 4.34. The molecule has 4 rings (SSSR count). The average molecular weight is 394 g/mol. The van der Waals surface area contributed by atoms with Crippen molar-refractivity contribution in [2.45, 2.75) is 0 Å². The summed E-state index contributed by atoms with van der Waals surface area (Å²) in [5.74, 6) is 1.26. The highest BCUT2D eigenvalue weighted by atomic mass is 35.5. The largest absolute Gasteiger partial charge is 0.497 e. The SMILES string of the molecule is COc1ccc(-c2nc3ccc(NC(=O)Nc4ccc(Cl)cc4)cc3o2)cc1. The van der Waals surface area contributed by atoms with Gasteiger partial charge in [-0.05, 0) is 60.7 Å². The third-order valence-electron chi connectivity index (χ3n) is 4.09. The zero-order valence-electron chi connectivity index (χ0n) is 14.9. The van der Waals surface area contributed by atoms with Gasteiger partial charge in [0.1, 0.15) is 11.3 Å². The number of ether oxygens (including phenoxy) is 1. The van der Waals surface area contributed by atoms with Gasteiger partial charge in [-0.1, -0.05) is 11.6 Å². The van der Waals surface area contributed by atoms with Crippen molar-refractivity contribution in [2.24, 2.45) is 0 Å². The summed E-state index contributed by atoms with van der Waals surface area (Å²) in [7, 11) is 1.62. The van der Waals surface area contributed by atoms with Crippen LogP contribution in [0.2, 0.25) is 5.02 Å². The molecule has 0 aliphatic rings. The lowest BCUT2D eigenvalue weighted by molar-refractivity contribution is 0.262. The van der Waals surface area contributed by atoms with Crippen molar-refractivity contribution >= 4 is 40.1 Å². The number of halogens is 1. The summed E-state index contributed by atoms with van der Waals surface area (Å²) in [6, 6.07) is 19.2. The van der Waals surface area contributed by atoms with Crippen LogP contribution in [0.4, 0.5) is 16.2 Å². The van der Waals surface area contributed by atoms with Gasteiger partial charge in [-0.3, -0.25) is 0 Å². The maximum Gasteiger partial charge on any atom is 0.323 e. The molecular formula is C21H16ClN3O3. The molecule has 0 saturated carbocycles. The highest BCUT2D eigenvalue weighted by molar-refractivity contribution is 6.30. The minimum atomic E-state index is -0.364. The van der Waals surface area contributed by atoms with Crippen molar-refractivity contribution in [3.63, 3.8) is 0 Å². The van der Waals surface area contributed by atoms with Crippen molar-refractivity contribution in [1.29, 1.82) is 0 Å². The smallest absolute Gasteiger partial charge is 0.323 e. The van der Waals surface area contributed by atoms with E-state index in [0.717, 1.165) is 11.3 Å². The van der Waals surface area contributed by atoms with Gasteiger partial charge in [0.05, 0.1) is 7.11 Å². The predicted molar refractivity (Wildman–Crippen MR) is 110 cm³/mol. The lowest BCUT2D eigenvalue weighted by Crippen LogP contribution is -2.19. The molecule has 3 aromatic carbocycles. The summed E-state index contributed by atoms with van der Waals surface area (Å²) < 4.78 is 11.0. The number of benzene rings is 3. The second kappa shape index (κ2) is 7.62. The fourth-order valence-electron chi connectivity index (χ4n) is 2.69. The molecule has 6 nitrogen and oxygen atoms in total. The van der Waals surface area contributed by atoms with Crippen LogP contribution < -0.4 is 15.4 Å². The number of nitrogens with one attached hydrogen (secondary N) is 2. The van der Waals surface area contributed by atoms with Gasteiger partial charge in [-0.2, -0.15) is 0 Å². The number of amides is 2. The number of oxazole rings is 1. The van der Waals surface area contributed by atoms with Gasteiger partial charge in [0.15, 0.2) is 5.58 Å². The number of nitrogens with zero attached hydrogens (tertiary/aromatic N) is 1. The number of carbonyl (C=O) groups is 1. The van der Waals surface area contributed by atoms with Crippen molar-refractivity contribution in [2.75, 3.05) is 17.7 Å². The lowest BCUT2D eigenvalue weighted by atomic mass is 10.2. The first-order valence-corrected chi connectivity index (χ1v) is 8.87. The lowest BCUT2D eigenvalue weighted by Gasteiger charge is -2.07. The molecule has 0 spiro atoms. The molecule has 0 unspecified atom stereocenters. The summed E-state index contributed by atoms with van der Waals surface area (Å²) in [5, 5.41) is 6.12. The molecule has 28 heavy (non-hydrogen) atoms. The van der Waals surface area contributed by atoms with Crippen LogP contribution >= 0.6 is 11.6 Å². The topological polar surface area (TPSA) is 76.4 Å². The molecule has 4 aromatic rings. The minimum Gasteiger partial charge on any atom is -0.497 e. The van der Waals surface area contributed by atoms with E-state index in [-0.39, 0.29) is 6.03 Å². The van der Waals surface area contributed by atoms with E-state index in [2.05, 4.69) is 15.6 Å². The van der Waals surface area contributed by atoms with Crippen LogP contribution in [0.15, 0.2) is 71.1 Å². The maximum absolute atomic E-state index is 12.2. The van der Waals surface area contributed by atoms with E-state index in [0.29, 0.717) is 33.4 Å². The standard InChI is InChI=1S/C21H16ClN3O3/c1-27-17-9-2-13(3-10-17)20-25-18-11-8-16(12-19(18)28-20)24-21(26)23-15-6-4-14(22)5-7-15/h2-12H,1H3,(H2,23,24,26). The Bertz CT molecular complexity index is 1120. The summed E-state index contributed by atoms with van der Waals surface area (Å²) in [6.07, 6.45) is 0. The Morgan fingerprint density at radius 3 is 2.36 bits per heavy atom. The molecule has 140 valence electrons. The van der Waals surface area contributed by atoms with E-state index < -0.39 is 0 Å². The molecule has 0 radical (unpaired) electrons. The molecule has 7 heteroatoms. The molecular weight excluding hydrogens is 378 g/mol. The van der Waals surface area contributed by atoms with E-state index in [1.807, 2.05) is 24.3 Å². The van der Waals surface area contributed by atoms with Crippen LogP contribution in [-0.4, -0.2) is 18.1 Å². The summed E-state index contributed by atoms with van der Waals surface area (Å²) in [6.45, 7) is 0. The molecule has 2 amide bonds. The second-order valence-electron chi connectivity index (χ2n) is 6.02. The number of carbonyl (C=O) groups excluding carboxylic acids is 1. The Morgan fingerprint density at radius 1 is 0.964 bits per heavy atom. The predicted octanol–water partition coefficient (Wildman–Crippen LogP) is 5.80. The first kappa shape index (κ1) is 17.9. The quantitative estimate of drug-likeness (QED) is 0.459. The summed E-state index contributed by atoms with van der Waals surface area (Å²) in [4.78, 5) is 16.7. The van der Waals surface area contributed by atoms with Crippen molar-refractivity contribution in [3.05, 3.63) is 71.8 Å². The number of hydrogen-bond donors (Lipinski definition) is 2. The fraction of sp³-hybridized carbons (Fsp3) is 0.0476. The molecule has 0 aliphatic heterocycles. The molecule has 0 aliphatic carbocycles. The fourth-order valence-corrected chi connectivity index (χ4v) is 2.81. The monoisotopic (exact) mass is 393 g/mol. The van der Waals surface area contributed by atoms with Crippen molar-refractivity contribution in [3.8, 4) is 17.2 Å². The van der Waals surface area contributed by atoms with Gasteiger partial charge in [-0.25, -0.2) is 9.78 Å². The van der Waals surface area contributed by atoms with E-state index in [4.69, 9.17) is 20.8 Å². The summed E-state index contributed by atoms with van der Waals surface area (Å²) >= 11 is 5.84. The summed E-state index contributed by atoms with van der Waals surface area (Å²) in [5.41, 5.74) is 3.36. The molecule has 1 heterocycles. The number of rotatable bonds is 4. The number of hydrogen-bond acceptors (Lipinski definition) is 4. The maximum atomic E-state index is 12.2. The molecule has 2 N–H and O–H groups in total. The Balaban J connectivity index is 1.50. The Labute approximate surface area is 166 Å². The van der Waals surface area contributed by atoms with E-state index >= 15 is 0 Å². The Morgan fingerprint density at radius 2 is 1.64 bits per heavy atom. The van der Waals surface area contributed by atoms with Crippen LogP contribution in [0.25, 0.3) is 22.6 Å². The minimum absolute atomic E-state index is 0.364. The molecule has 0 atom stereocenters. The normalized spacial score (nSPS) is 10.6. The Kier molecular flexibility index (Phi) is 4.87. The first-order valence-electron chi connectivity index (χ1n) is 8.49. The van der Waals surface area contributed by atoms with Crippen LogP contribution in [0.5, 0.6) is 5.75 Å². The number of methoxy groups -OCH3 is 1.